The Balaban J connectivity index is 2.11. The highest BCUT2D eigenvalue weighted by Gasteiger charge is 2.35. The van der Waals surface area contributed by atoms with Crippen LogP contribution in [0.5, 0.6) is 5.75 Å². The maximum Gasteiger partial charge on any atom is 0.236 e. The number of nitrogens with zero attached hydrogens (tertiary/aromatic N) is 1. The first-order valence-corrected chi connectivity index (χ1v) is 6.27. The molecule has 3 N–H and O–H groups in total. The largest absolute Gasteiger partial charge is 0.452 e. The zero-order valence-corrected chi connectivity index (χ0v) is 10.7. The van der Waals surface area contributed by atoms with Crippen LogP contribution in [0.4, 0.5) is 5.69 Å². The summed E-state index contributed by atoms with van der Waals surface area (Å²) in [4.78, 5) is 4.44. The summed E-state index contributed by atoms with van der Waals surface area (Å²) in [5.74, 6) is 0.0220. The molecular formula is C14H17N3O. The second kappa shape index (κ2) is 3.85. The first-order valence-electron chi connectivity index (χ1n) is 6.27. The Kier molecular flexibility index (Phi) is 2.41. The average molecular weight is 243 g/mol. The van der Waals surface area contributed by atoms with Crippen molar-refractivity contribution >= 4 is 16.6 Å². The van der Waals surface area contributed by atoms with Gasteiger partial charge < -0.3 is 10.1 Å². The van der Waals surface area contributed by atoms with Gasteiger partial charge in [-0.3, -0.25) is 10.7 Å². The van der Waals surface area contributed by atoms with Gasteiger partial charge in [0.2, 0.25) is 5.85 Å². The summed E-state index contributed by atoms with van der Waals surface area (Å²) < 4.78 is 5.91. The first-order chi connectivity index (χ1) is 8.61. The molecule has 2 heterocycles. The van der Waals surface area contributed by atoms with Gasteiger partial charge in [-0.15, -0.1) is 0 Å². The third-order valence-electron chi connectivity index (χ3n) is 3.23. The normalized spacial score (nSPS) is 21.5. The monoisotopic (exact) mass is 243 g/mol. The van der Waals surface area contributed by atoms with E-state index in [1.54, 1.807) is 6.20 Å². The van der Waals surface area contributed by atoms with Crippen molar-refractivity contribution in [3.63, 3.8) is 0 Å². The van der Waals surface area contributed by atoms with Crippen molar-refractivity contribution in [3.05, 3.63) is 30.0 Å². The topological polar surface area (TPSA) is 60.2 Å². The van der Waals surface area contributed by atoms with Gasteiger partial charge in [-0.1, -0.05) is 13.0 Å². The van der Waals surface area contributed by atoms with E-state index in [-0.39, 0.29) is 0 Å². The number of hydrogen-bond donors (Lipinski definition) is 2. The van der Waals surface area contributed by atoms with Crippen LogP contribution in [0.25, 0.3) is 10.9 Å². The van der Waals surface area contributed by atoms with Crippen molar-refractivity contribution in [1.82, 2.24) is 4.98 Å². The summed E-state index contributed by atoms with van der Waals surface area (Å²) in [7, 11) is 0. The lowest BCUT2D eigenvalue weighted by atomic mass is 10.1. The fraction of sp³-hybridized carbons (Fsp3) is 0.357. The van der Waals surface area contributed by atoms with E-state index in [2.05, 4.69) is 36.3 Å². The quantitative estimate of drug-likeness (QED) is 0.851. The second-order valence-corrected chi connectivity index (χ2v) is 4.89. The maximum atomic E-state index is 6.18. The number of aromatic nitrogens is 1. The predicted octanol–water partition coefficient (Wildman–Crippen LogP) is 2.76. The summed E-state index contributed by atoms with van der Waals surface area (Å²) in [5, 5.41) is 4.22. The Bertz CT molecular complexity index is 611. The van der Waals surface area contributed by atoms with Crippen molar-refractivity contribution < 1.29 is 4.74 Å². The Morgan fingerprint density at radius 2 is 2.28 bits per heavy atom. The Morgan fingerprint density at radius 1 is 1.44 bits per heavy atom. The van der Waals surface area contributed by atoms with Crippen LogP contribution in [0.15, 0.2) is 24.4 Å². The van der Waals surface area contributed by atoms with E-state index < -0.39 is 5.85 Å². The van der Waals surface area contributed by atoms with Crippen molar-refractivity contribution in [2.75, 3.05) is 5.32 Å². The molecule has 0 spiro atoms. The number of nitrogens with one attached hydrogen (secondary N) is 1. The number of fused-ring (bicyclic) bond motifs is 3. The third kappa shape index (κ3) is 1.69. The van der Waals surface area contributed by atoms with Crippen molar-refractivity contribution in [2.45, 2.75) is 32.5 Å². The van der Waals surface area contributed by atoms with Gasteiger partial charge in [0.1, 0.15) is 5.69 Å². The van der Waals surface area contributed by atoms with Gasteiger partial charge >= 0.3 is 0 Å². The van der Waals surface area contributed by atoms with Crippen LogP contribution in [0.1, 0.15) is 25.3 Å². The van der Waals surface area contributed by atoms with Crippen LogP contribution in [-0.4, -0.2) is 10.8 Å². The van der Waals surface area contributed by atoms with E-state index in [0.29, 0.717) is 0 Å². The number of pyridine rings is 1. The molecule has 0 fully saturated rings. The Labute approximate surface area is 106 Å². The van der Waals surface area contributed by atoms with E-state index in [4.69, 9.17) is 10.5 Å². The van der Waals surface area contributed by atoms with E-state index in [0.717, 1.165) is 35.2 Å². The highest BCUT2D eigenvalue weighted by Crippen LogP contribution is 2.41. The van der Waals surface area contributed by atoms with Crippen molar-refractivity contribution in [2.24, 2.45) is 5.73 Å². The van der Waals surface area contributed by atoms with Gasteiger partial charge in [0.25, 0.3) is 0 Å². The van der Waals surface area contributed by atoms with Gasteiger partial charge in [0, 0.05) is 11.8 Å². The molecule has 0 aliphatic carbocycles. The molecule has 2 aromatic rings. The molecule has 3 rings (SSSR count). The zero-order chi connectivity index (χ0) is 12.8. The lowest BCUT2D eigenvalue weighted by Gasteiger charge is -2.23. The predicted molar refractivity (Wildman–Crippen MR) is 72.6 cm³/mol. The van der Waals surface area contributed by atoms with Crippen LogP contribution >= 0.6 is 0 Å². The Hall–Kier alpha value is -1.81. The molecule has 0 saturated heterocycles. The highest BCUT2D eigenvalue weighted by molar-refractivity contribution is 5.91. The van der Waals surface area contributed by atoms with Gasteiger partial charge in [-0.25, -0.2) is 0 Å². The molecule has 0 bridgehead atoms. The number of ether oxygens (including phenoxy) is 1. The molecule has 1 aromatic carbocycles. The molecule has 4 nitrogen and oxygen atoms in total. The van der Waals surface area contributed by atoms with Gasteiger partial charge in [-0.2, -0.15) is 0 Å². The molecule has 1 aliphatic heterocycles. The molecule has 1 unspecified atom stereocenters. The van der Waals surface area contributed by atoms with Crippen LogP contribution in [0.2, 0.25) is 0 Å². The van der Waals surface area contributed by atoms with Crippen molar-refractivity contribution in [3.8, 4) is 5.75 Å². The van der Waals surface area contributed by atoms with Crippen LogP contribution < -0.4 is 15.8 Å². The standard InChI is InChI=1S/C14H17N3O/c1-3-6-14(15)17-12-8-16-11-7-9(2)4-5-10(11)13(12)18-14/h4-5,7-8,17H,3,6,15H2,1-2H3. The second-order valence-electron chi connectivity index (χ2n) is 4.89. The average Bonchev–Trinajstić information content (AvgIpc) is 2.65. The summed E-state index contributed by atoms with van der Waals surface area (Å²) >= 11 is 0. The van der Waals surface area contributed by atoms with Gasteiger partial charge in [-0.05, 0) is 31.0 Å². The summed E-state index contributed by atoms with van der Waals surface area (Å²) in [6, 6.07) is 6.15. The smallest absolute Gasteiger partial charge is 0.236 e. The third-order valence-corrected chi connectivity index (χ3v) is 3.23. The number of rotatable bonds is 2. The van der Waals surface area contributed by atoms with Crippen LogP contribution in [-0.2, 0) is 0 Å². The van der Waals surface area contributed by atoms with Crippen LogP contribution in [0.3, 0.4) is 0 Å². The molecule has 4 heteroatoms. The minimum absolute atomic E-state index is 0.759. The molecule has 94 valence electrons. The highest BCUT2D eigenvalue weighted by atomic mass is 16.5. The minimum atomic E-state index is -0.794. The van der Waals surface area contributed by atoms with Crippen LogP contribution in [0, 0.1) is 6.92 Å². The van der Waals surface area contributed by atoms with Crippen molar-refractivity contribution in [1.29, 1.82) is 0 Å². The van der Waals surface area contributed by atoms with E-state index >= 15 is 0 Å². The van der Waals surface area contributed by atoms with E-state index in [1.807, 2.05) is 6.07 Å². The SMILES string of the molecule is CCCC1(N)Nc2cnc3cc(C)ccc3c2O1. The fourth-order valence-electron chi connectivity index (χ4n) is 2.40. The number of hydrogen-bond acceptors (Lipinski definition) is 4. The zero-order valence-electron chi connectivity index (χ0n) is 10.7. The number of benzene rings is 1. The number of nitrogens with two attached hydrogens (primary N) is 1. The molecular weight excluding hydrogens is 226 g/mol. The number of anilines is 1. The molecule has 0 saturated carbocycles. The van der Waals surface area contributed by atoms with Gasteiger partial charge in [0.15, 0.2) is 5.75 Å². The van der Waals surface area contributed by atoms with E-state index in [1.165, 1.54) is 5.56 Å². The minimum Gasteiger partial charge on any atom is -0.452 e. The fourth-order valence-corrected chi connectivity index (χ4v) is 2.40. The molecule has 18 heavy (non-hydrogen) atoms. The van der Waals surface area contributed by atoms with E-state index in [9.17, 15) is 0 Å². The lowest BCUT2D eigenvalue weighted by molar-refractivity contribution is 0.116. The maximum absolute atomic E-state index is 6.18. The molecule has 1 aromatic heterocycles. The lowest BCUT2D eigenvalue weighted by Crippen LogP contribution is -2.49. The molecule has 0 radical (unpaired) electrons. The Morgan fingerprint density at radius 3 is 3.06 bits per heavy atom. The summed E-state index contributed by atoms with van der Waals surface area (Å²) in [5.41, 5.74) is 9.19. The molecule has 1 aliphatic rings. The summed E-state index contributed by atoms with van der Waals surface area (Å²) in [6.07, 6.45) is 3.51. The number of aryl methyl sites for hydroxylation is 1. The summed E-state index contributed by atoms with van der Waals surface area (Å²) in [6.45, 7) is 4.14. The van der Waals surface area contributed by atoms with Gasteiger partial charge in [0.05, 0.1) is 11.7 Å². The molecule has 1 atom stereocenters. The molecule has 0 amide bonds. The first kappa shape index (κ1) is 11.3.